The predicted octanol–water partition coefficient (Wildman–Crippen LogP) is -0.964. The quantitative estimate of drug-likeness (QED) is 0.602. The van der Waals surface area contributed by atoms with Crippen molar-refractivity contribution >= 4 is 5.91 Å². The summed E-state index contributed by atoms with van der Waals surface area (Å²) in [6.45, 7) is 0.188. The Hall–Kier alpha value is -1.87. The maximum Gasteiger partial charge on any atom is 0.238 e. The van der Waals surface area contributed by atoms with E-state index in [1.807, 2.05) is 0 Å². The highest BCUT2D eigenvalue weighted by molar-refractivity contribution is 5.81. The molecule has 1 amide bonds. The molecule has 0 spiro atoms. The minimum absolute atomic E-state index is 0.188. The van der Waals surface area contributed by atoms with Crippen molar-refractivity contribution in [1.29, 1.82) is 0 Å². The second-order valence-corrected chi connectivity index (χ2v) is 2.58. The number of carbonyl (C=O) groups is 1. The van der Waals surface area contributed by atoms with Crippen molar-refractivity contribution in [2.75, 3.05) is 0 Å². The van der Waals surface area contributed by atoms with Crippen LogP contribution in [0.2, 0.25) is 0 Å². The van der Waals surface area contributed by atoms with E-state index in [9.17, 15) is 4.79 Å². The molecule has 0 saturated heterocycles. The van der Waals surface area contributed by atoms with Crippen molar-refractivity contribution in [3.05, 3.63) is 12.2 Å². The van der Waals surface area contributed by atoms with Crippen LogP contribution in [0.15, 0.2) is 10.9 Å². The van der Waals surface area contributed by atoms with Crippen LogP contribution in [0, 0.1) is 12.3 Å². The molecule has 0 aliphatic heterocycles. The summed E-state index contributed by atoms with van der Waals surface area (Å²) in [5.74, 6) is 2.37. The highest BCUT2D eigenvalue weighted by atomic mass is 16.5. The minimum atomic E-state index is -0.688. The number of nitrogens with zero attached hydrogens (tertiary/aromatic N) is 2. The van der Waals surface area contributed by atoms with Crippen molar-refractivity contribution in [2.24, 2.45) is 5.73 Å². The van der Waals surface area contributed by atoms with Gasteiger partial charge in [0.05, 0.1) is 12.6 Å². The Labute approximate surface area is 80.9 Å². The molecule has 6 nitrogen and oxygen atoms in total. The van der Waals surface area contributed by atoms with Crippen LogP contribution < -0.4 is 11.1 Å². The van der Waals surface area contributed by atoms with Crippen molar-refractivity contribution in [2.45, 2.75) is 19.0 Å². The molecule has 1 aromatic heterocycles. The first kappa shape index (κ1) is 10.2. The molecule has 6 heteroatoms. The number of nitrogens with two attached hydrogens (primary N) is 1. The van der Waals surface area contributed by atoms with Gasteiger partial charge in [-0.1, -0.05) is 5.16 Å². The number of amides is 1. The zero-order chi connectivity index (χ0) is 10.4. The molecule has 0 aliphatic carbocycles. The zero-order valence-electron chi connectivity index (χ0n) is 7.43. The summed E-state index contributed by atoms with van der Waals surface area (Å²) in [5.41, 5.74) is 5.45. The van der Waals surface area contributed by atoms with E-state index in [0.717, 1.165) is 0 Å². The van der Waals surface area contributed by atoms with Gasteiger partial charge in [0.1, 0.15) is 0 Å². The van der Waals surface area contributed by atoms with Crippen LogP contribution in [0.25, 0.3) is 0 Å². The first-order valence-electron chi connectivity index (χ1n) is 3.96. The molecular formula is C8H10N4O2. The monoisotopic (exact) mass is 194 g/mol. The maximum atomic E-state index is 11.2. The number of aromatic nitrogens is 2. The van der Waals surface area contributed by atoms with Crippen molar-refractivity contribution in [3.63, 3.8) is 0 Å². The van der Waals surface area contributed by atoms with Gasteiger partial charge in [0, 0.05) is 6.42 Å². The number of rotatable bonds is 4. The molecule has 0 fully saturated rings. The summed E-state index contributed by atoms with van der Waals surface area (Å²) in [5, 5.41) is 6.04. The van der Waals surface area contributed by atoms with Gasteiger partial charge in [-0.2, -0.15) is 4.98 Å². The largest absolute Gasteiger partial charge is 0.347 e. The third-order valence-electron chi connectivity index (χ3n) is 1.50. The zero-order valence-corrected chi connectivity index (χ0v) is 7.43. The average molecular weight is 194 g/mol. The van der Waals surface area contributed by atoms with Gasteiger partial charge >= 0.3 is 0 Å². The topological polar surface area (TPSA) is 94.0 Å². The number of hydrogen-bond acceptors (Lipinski definition) is 5. The number of nitrogens with one attached hydrogen (secondary N) is 1. The van der Waals surface area contributed by atoms with Crippen molar-refractivity contribution in [1.82, 2.24) is 15.5 Å². The summed E-state index contributed by atoms with van der Waals surface area (Å²) < 4.78 is 4.48. The van der Waals surface area contributed by atoms with Gasteiger partial charge in [-0.05, 0) is 0 Å². The molecular weight excluding hydrogens is 184 g/mol. The molecule has 0 radical (unpaired) electrons. The standard InChI is InChI=1S/C8H10N4O2/c1-2-3-6(9)8(13)10-4-7-11-5-14-12-7/h1,5-6H,3-4,9H2,(H,10,13). The van der Waals surface area contributed by atoms with Crippen LogP contribution in [0.3, 0.4) is 0 Å². The SMILES string of the molecule is C#CCC(N)C(=O)NCc1ncon1. The van der Waals surface area contributed by atoms with Crippen LogP contribution in [0.5, 0.6) is 0 Å². The van der Waals surface area contributed by atoms with Gasteiger partial charge < -0.3 is 15.6 Å². The smallest absolute Gasteiger partial charge is 0.238 e. The Bertz CT molecular complexity index is 328. The van der Waals surface area contributed by atoms with E-state index in [0.29, 0.717) is 5.82 Å². The van der Waals surface area contributed by atoms with Gasteiger partial charge in [0.15, 0.2) is 5.82 Å². The highest BCUT2D eigenvalue weighted by Crippen LogP contribution is 1.89. The molecule has 74 valence electrons. The summed E-state index contributed by atoms with van der Waals surface area (Å²) >= 11 is 0. The molecule has 1 atom stereocenters. The Kier molecular flexibility index (Phi) is 3.64. The lowest BCUT2D eigenvalue weighted by Crippen LogP contribution is -2.40. The third kappa shape index (κ3) is 2.88. The van der Waals surface area contributed by atoms with E-state index in [-0.39, 0.29) is 18.9 Å². The predicted molar refractivity (Wildman–Crippen MR) is 47.6 cm³/mol. The average Bonchev–Trinajstić information content (AvgIpc) is 2.67. The fourth-order valence-electron chi connectivity index (χ4n) is 0.787. The van der Waals surface area contributed by atoms with Crippen LogP contribution in [0.1, 0.15) is 12.2 Å². The van der Waals surface area contributed by atoms with E-state index in [1.54, 1.807) is 0 Å². The summed E-state index contributed by atoms with van der Waals surface area (Å²) in [6, 6.07) is -0.688. The lowest BCUT2D eigenvalue weighted by Gasteiger charge is -2.07. The van der Waals surface area contributed by atoms with E-state index in [1.165, 1.54) is 6.39 Å². The molecule has 1 rings (SSSR count). The van der Waals surface area contributed by atoms with E-state index >= 15 is 0 Å². The molecule has 3 N–H and O–H groups in total. The van der Waals surface area contributed by atoms with Crippen LogP contribution in [-0.4, -0.2) is 22.1 Å². The van der Waals surface area contributed by atoms with Gasteiger partial charge in [0.25, 0.3) is 0 Å². The number of hydrogen-bond donors (Lipinski definition) is 2. The highest BCUT2D eigenvalue weighted by Gasteiger charge is 2.11. The Balaban J connectivity index is 2.32. The second kappa shape index (κ2) is 4.99. The Morgan fingerprint density at radius 3 is 3.21 bits per heavy atom. The molecule has 0 bridgehead atoms. The molecule has 1 heterocycles. The normalized spacial score (nSPS) is 11.7. The van der Waals surface area contributed by atoms with E-state index < -0.39 is 6.04 Å². The Morgan fingerprint density at radius 2 is 2.64 bits per heavy atom. The Morgan fingerprint density at radius 1 is 1.86 bits per heavy atom. The van der Waals surface area contributed by atoms with E-state index in [2.05, 4.69) is 25.9 Å². The second-order valence-electron chi connectivity index (χ2n) is 2.58. The van der Waals surface area contributed by atoms with Crippen molar-refractivity contribution in [3.8, 4) is 12.3 Å². The fourth-order valence-corrected chi connectivity index (χ4v) is 0.787. The van der Waals surface area contributed by atoms with Gasteiger partial charge in [-0.25, -0.2) is 0 Å². The van der Waals surface area contributed by atoms with Crippen molar-refractivity contribution < 1.29 is 9.32 Å². The van der Waals surface area contributed by atoms with Crippen LogP contribution in [-0.2, 0) is 11.3 Å². The number of terminal acetylenes is 1. The number of carbonyl (C=O) groups excluding carboxylic acids is 1. The maximum absolute atomic E-state index is 11.2. The molecule has 0 aromatic carbocycles. The lowest BCUT2D eigenvalue weighted by molar-refractivity contribution is -0.122. The molecule has 0 saturated carbocycles. The molecule has 1 unspecified atom stereocenters. The van der Waals surface area contributed by atoms with Crippen LogP contribution >= 0.6 is 0 Å². The summed E-state index contributed by atoms with van der Waals surface area (Å²) in [7, 11) is 0. The minimum Gasteiger partial charge on any atom is -0.347 e. The first-order valence-corrected chi connectivity index (χ1v) is 3.96. The van der Waals surface area contributed by atoms with Gasteiger partial charge in [-0.3, -0.25) is 4.79 Å². The van der Waals surface area contributed by atoms with Crippen LogP contribution in [0.4, 0.5) is 0 Å². The van der Waals surface area contributed by atoms with Gasteiger partial charge in [0.2, 0.25) is 12.3 Å². The molecule has 14 heavy (non-hydrogen) atoms. The molecule has 1 aromatic rings. The molecule has 0 aliphatic rings. The third-order valence-corrected chi connectivity index (χ3v) is 1.50. The summed E-state index contributed by atoms with van der Waals surface area (Å²) in [4.78, 5) is 14.9. The van der Waals surface area contributed by atoms with E-state index in [4.69, 9.17) is 12.2 Å². The van der Waals surface area contributed by atoms with Gasteiger partial charge in [-0.15, -0.1) is 12.3 Å². The fraction of sp³-hybridized carbons (Fsp3) is 0.375. The first-order chi connectivity index (χ1) is 6.74. The summed E-state index contributed by atoms with van der Waals surface area (Å²) in [6.07, 6.45) is 6.40. The lowest BCUT2D eigenvalue weighted by atomic mass is 10.2.